The number of hydrogen-bond donors (Lipinski definition) is 1. The van der Waals surface area contributed by atoms with Gasteiger partial charge in [-0.05, 0) is 6.07 Å². The Hall–Kier alpha value is -1.91. The maximum absolute atomic E-state index is 13.1. The van der Waals surface area contributed by atoms with Crippen LogP contribution in [0.15, 0.2) is 24.5 Å². The standard InChI is InChI=1S/C8H6FN4/c9-6-2-1-4-11-8(6)13-7(10)3-5-12-13/h1,3-5H,10H2. The van der Waals surface area contributed by atoms with Crippen molar-refractivity contribution in [2.24, 2.45) is 0 Å². The van der Waals surface area contributed by atoms with E-state index in [9.17, 15) is 4.39 Å². The zero-order valence-electron chi connectivity index (χ0n) is 6.61. The van der Waals surface area contributed by atoms with Crippen LogP contribution in [0.2, 0.25) is 0 Å². The molecule has 0 atom stereocenters. The molecule has 0 saturated heterocycles. The van der Waals surface area contributed by atoms with Crippen molar-refractivity contribution in [3.63, 3.8) is 0 Å². The molecule has 0 amide bonds. The fourth-order valence-corrected chi connectivity index (χ4v) is 0.978. The van der Waals surface area contributed by atoms with Crippen molar-refractivity contribution in [2.75, 3.05) is 5.73 Å². The average molecular weight is 177 g/mol. The molecular formula is C8H6FN4. The summed E-state index contributed by atoms with van der Waals surface area (Å²) in [5.74, 6) is -0.172. The molecule has 2 N–H and O–H groups in total. The van der Waals surface area contributed by atoms with Crippen LogP contribution in [-0.4, -0.2) is 14.8 Å². The fraction of sp³-hybridized carbons (Fsp3) is 0. The largest absolute Gasteiger partial charge is 0.384 e. The zero-order chi connectivity index (χ0) is 9.26. The lowest BCUT2D eigenvalue weighted by Crippen LogP contribution is -2.05. The predicted molar refractivity (Wildman–Crippen MR) is 44.6 cm³/mol. The monoisotopic (exact) mass is 177 g/mol. The molecule has 2 aromatic heterocycles. The number of halogens is 1. The van der Waals surface area contributed by atoms with Crippen LogP contribution in [0, 0.1) is 11.9 Å². The third kappa shape index (κ3) is 1.24. The van der Waals surface area contributed by atoms with E-state index in [0.717, 1.165) is 0 Å². The number of nitrogens with two attached hydrogens (primary N) is 1. The van der Waals surface area contributed by atoms with Crippen molar-refractivity contribution in [1.29, 1.82) is 0 Å². The minimum atomic E-state index is -0.571. The lowest BCUT2D eigenvalue weighted by Gasteiger charge is -2.02. The van der Waals surface area contributed by atoms with E-state index < -0.39 is 5.82 Å². The van der Waals surface area contributed by atoms with Gasteiger partial charge in [0.25, 0.3) is 0 Å². The normalized spacial score (nSPS) is 10.2. The highest BCUT2D eigenvalue weighted by Crippen LogP contribution is 2.11. The van der Waals surface area contributed by atoms with Gasteiger partial charge in [0.1, 0.15) is 5.82 Å². The Kier molecular flexibility index (Phi) is 1.70. The second-order valence-electron chi connectivity index (χ2n) is 2.39. The molecule has 0 aliphatic carbocycles. The first kappa shape index (κ1) is 7.72. The van der Waals surface area contributed by atoms with E-state index in [2.05, 4.69) is 16.1 Å². The minimum Gasteiger partial charge on any atom is -0.384 e. The summed E-state index contributed by atoms with van der Waals surface area (Å²) < 4.78 is 14.3. The van der Waals surface area contributed by atoms with Gasteiger partial charge in [0.05, 0.1) is 6.20 Å². The van der Waals surface area contributed by atoms with Gasteiger partial charge in [0.2, 0.25) is 0 Å². The molecule has 1 radical (unpaired) electrons. The summed E-state index contributed by atoms with van der Waals surface area (Å²) in [6.45, 7) is 0. The van der Waals surface area contributed by atoms with E-state index >= 15 is 0 Å². The fourth-order valence-electron chi connectivity index (χ4n) is 0.978. The summed E-state index contributed by atoms with van der Waals surface area (Å²) in [5, 5.41) is 3.82. The highest BCUT2D eigenvalue weighted by atomic mass is 19.1. The second-order valence-corrected chi connectivity index (χ2v) is 2.39. The molecule has 0 bridgehead atoms. The lowest BCUT2D eigenvalue weighted by atomic mass is 10.4. The Morgan fingerprint density at radius 2 is 2.31 bits per heavy atom. The third-order valence-corrected chi connectivity index (χ3v) is 1.55. The van der Waals surface area contributed by atoms with Gasteiger partial charge >= 0.3 is 0 Å². The van der Waals surface area contributed by atoms with Crippen LogP contribution in [0.1, 0.15) is 0 Å². The number of nitrogens with zero attached hydrogens (tertiary/aromatic N) is 3. The van der Waals surface area contributed by atoms with Gasteiger partial charge in [-0.25, -0.2) is 9.37 Å². The first-order chi connectivity index (χ1) is 6.29. The van der Waals surface area contributed by atoms with Gasteiger partial charge in [0.15, 0.2) is 11.6 Å². The van der Waals surface area contributed by atoms with Crippen molar-refractivity contribution < 1.29 is 4.39 Å². The zero-order valence-corrected chi connectivity index (χ0v) is 6.61. The molecule has 2 rings (SSSR count). The molecule has 0 fully saturated rings. The lowest BCUT2D eigenvalue weighted by molar-refractivity contribution is 0.599. The highest BCUT2D eigenvalue weighted by molar-refractivity contribution is 5.36. The quantitative estimate of drug-likeness (QED) is 0.700. The molecule has 0 unspecified atom stereocenters. The Morgan fingerprint density at radius 1 is 1.46 bits per heavy atom. The van der Waals surface area contributed by atoms with Crippen molar-refractivity contribution in [3.8, 4) is 5.82 Å². The van der Waals surface area contributed by atoms with Crippen LogP contribution >= 0.6 is 0 Å². The molecule has 13 heavy (non-hydrogen) atoms. The molecular weight excluding hydrogens is 171 g/mol. The molecule has 0 aliphatic rings. The Morgan fingerprint density at radius 3 is 2.92 bits per heavy atom. The average Bonchev–Trinajstić information content (AvgIpc) is 2.52. The third-order valence-electron chi connectivity index (χ3n) is 1.55. The smallest absolute Gasteiger partial charge is 0.192 e. The van der Waals surface area contributed by atoms with Crippen molar-refractivity contribution in [3.05, 3.63) is 36.4 Å². The van der Waals surface area contributed by atoms with Crippen LogP contribution in [-0.2, 0) is 0 Å². The summed E-state index contributed by atoms with van der Waals surface area (Å²) >= 11 is 0. The molecule has 2 heterocycles. The number of rotatable bonds is 1. The maximum atomic E-state index is 13.1. The van der Waals surface area contributed by atoms with Gasteiger partial charge in [-0.15, -0.1) is 0 Å². The van der Waals surface area contributed by atoms with E-state index in [-0.39, 0.29) is 5.82 Å². The Labute approximate surface area is 73.8 Å². The number of hydrogen-bond acceptors (Lipinski definition) is 3. The molecule has 0 aromatic carbocycles. The molecule has 4 nitrogen and oxygen atoms in total. The summed E-state index contributed by atoms with van der Waals surface area (Å²) in [6.07, 6.45) is 2.91. The maximum Gasteiger partial charge on any atom is 0.192 e. The number of anilines is 1. The second kappa shape index (κ2) is 2.85. The van der Waals surface area contributed by atoms with Gasteiger partial charge in [0, 0.05) is 18.3 Å². The van der Waals surface area contributed by atoms with E-state index in [1.807, 2.05) is 0 Å². The van der Waals surface area contributed by atoms with Crippen molar-refractivity contribution >= 4 is 5.82 Å². The van der Waals surface area contributed by atoms with Gasteiger partial charge in [-0.2, -0.15) is 9.78 Å². The highest BCUT2D eigenvalue weighted by Gasteiger charge is 2.07. The topological polar surface area (TPSA) is 56.7 Å². The van der Waals surface area contributed by atoms with Crippen LogP contribution in [0.4, 0.5) is 10.2 Å². The van der Waals surface area contributed by atoms with Gasteiger partial charge in [-0.1, -0.05) is 0 Å². The van der Waals surface area contributed by atoms with Gasteiger partial charge < -0.3 is 5.73 Å². The van der Waals surface area contributed by atoms with Crippen LogP contribution in [0.5, 0.6) is 0 Å². The molecule has 0 saturated carbocycles. The predicted octanol–water partition coefficient (Wildman–Crippen LogP) is 0.789. The Bertz CT molecular complexity index is 424. The van der Waals surface area contributed by atoms with Crippen LogP contribution in [0.25, 0.3) is 5.82 Å². The summed E-state index contributed by atoms with van der Waals surface area (Å²) in [4.78, 5) is 3.80. The molecule has 5 heteroatoms. The van der Waals surface area contributed by atoms with Crippen molar-refractivity contribution in [2.45, 2.75) is 0 Å². The Balaban J connectivity index is 2.59. The summed E-state index contributed by atoms with van der Waals surface area (Å²) in [7, 11) is 0. The molecule has 65 valence electrons. The minimum absolute atomic E-state index is 0.0602. The molecule has 0 aliphatic heterocycles. The van der Waals surface area contributed by atoms with E-state index in [4.69, 9.17) is 5.73 Å². The molecule has 2 aromatic rings. The number of aromatic nitrogens is 3. The number of pyridine rings is 1. The van der Waals surface area contributed by atoms with E-state index in [1.54, 1.807) is 6.07 Å². The summed E-state index contributed by atoms with van der Waals surface area (Å²) in [6, 6.07) is 5.32. The van der Waals surface area contributed by atoms with Gasteiger partial charge in [-0.3, -0.25) is 0 Å². The first-order valence-corrected chi connectivity index (χ1v) is 3.61. The van der Waals surface area contributed by atoms with E-state index in [0.29, 0.717) is 5.82 Å². The van der Waals surface area contributed by atoms with Crippen LogP contribution in [0.3, 0.4) is 0 Å². The summed E-state index contributed by atoms with van der Waals surface area (Å²) in [5.41, 5.74) is 5.52. The van der Waals surface area contributed by atoms with Crippen LogP contribution < -0.4 is 5.73 Å². The van der Waals surface area contributed by atoms with Crippen molar-refractivity contribution in [1.82, 2.24) is 14.8 Å². The molecule has 0 spiro atoms. The SMILES string of the molecule is Nc1ccnn1-c1ncc[c]c1F. The van der Waals surface area contributed by atoms with E-state index in [1.165, 1.54) is 23.1 Å². The first-order valence-electron chi connectivity index (χ1n) is 3.61. The number of nitrogen functional groups attached to an aromatic ring is 1.